The first kappa shape index (κ1) is 14.6. The molecule has 19 heavy (non-hydrogen) atoms. The third-order valence-corrected chi connectivity index (χ3v) is 5.14. The van der Waals surface area contributed by atoms with Crippen LogP contribution in [0, 0.1) is 25.7 Å². The summed E-state index contributed by atoms with van der Waals surface area (Å²) in [6, 6.07) is 2.53. The summed E-state index contributed by atoms with van der Waals surface area (Å²) < 4.78 is 2.38. The zero-order chi connectivity index (χ0) is 14.2. The molecule has 1 heterocycles. The topological polar surface area (TPSA) is 22.0 Å². The fraction of sp³-hybridized carbons (Fsp3) is 0.688. The van der Waals surface area contributed by atoms with Gasteiger partial charge in [0.25, 0.3) is 0 Å². The van der Waals surface area contributed by atoms with Crippen LogP contribution in [0.15, 0.2) is 6.07 Å². The van der Waals surface area contributed by atoms with E-state index in [1.165, 1.54) is 25.0 Å². The fourth-order valence-corrected chi connectivity index (χ4v) is 3.70. The summed E-state index contributed by atoms with van der Waals surface area (Å²) >= 11 is 5.70. The largest absolute Gasteiger partial charge is 0.345 e. The molecule has 3 heteroatoms. The molecule has 0 amide bonds. The van der Waals surface area contributed by atoms with Gasteiger partial charge in [-0.3, -0.25) is 4.79 Å². The van der Waals surface area contributed by atoms with Gasteiger partial charge in [-0.1, -0.05) is 26.7 Å². The van der Waals surface area contributed by atoms with Gasteiger partial charge in [-0.2, -0.15) is 0 Å². The maximum Gasteiger partial charge on any atom is 0.179 e. The monoisotopic (exact) mass is 281 g/mol. The van der Waals surface area contributed by atoms with Gasteiger partial charge in [-0.05, 0) is 38.2 Å². The number of Topliss-reactive ketones (excluding diaryl/α,β-unsaturated/α-hetero) is 1. The molecule has 0 saturated heterocycles. The van der Waals surface area contributed by atoms with Crippen molar-refractivity contribution in [2.24, 2.45) is 11.8 Å². The summed E-state index contributed by atoms with van der Waals surface area (Å²) in [5.74, 6) is 1.53. The SMILES string of the molecule is Cc1cc(C(=O)CCl)c(C)n1C1CCCC(C)C1C. The molecule has 0 aliphatic heterocycles. The van der Waals surface area contributed by atoms with Gasteiger partial charge in [0.05, 0.1) is 5.88 Å². The Morgan fingerprint density at radius 3 is 2.68 bits per heavy atom. The van der Waals surface area contributed by atoms with Crippen molar-refractivity contribution in [1.82, 2.24) is 4.57 Å². The van der Waals surface area contributed by atoms with Gasteiger partial charge in [0.15, 0.2) is 5.78 Å². The van der Waals surface area contributed by atoms with Gasteiger partial charge in [-0.15, -0.1) is 11.6 Å². The van der Waals surface area contributed by atoms with E-state index in [4.69, 9.17) is 11.6 Å². The average molecular weight is 282 g/mol. The van der Waals surface area contributed by atoms with Crippen molar-refractivity contribution in [3.8, 4) is 0 Å². The number of alkyl halides is 1. The molecule has 2 nitrogen and oxygen atoms in total. The lowest BCUT2D eigenvalue weighted by molar-refractivity contribution is 0.102. The summed E-state index contributed by atoms with van der Waals surface area (Å²) in [5, 5.41) is 0. The van der Waals surface area contributed by atoms with Crippen molar-refractivity contribution in [2.75, 3.05) is 5.88 Å². The van der Waals surface area contributed by atoms with Gasteiger partial charge in [0.2, 0.25) is 0 Å². The molecule has 2 rings (SSSR count). The summed E-state index contributed by atoms with van der Waals surface area (Å²) in [6.45, 7) is 8.84. The van der Waals surface area contributed by atoms with E-state index in [0.717, 1.165) is 17.2 Å². The van der Waals surface area contributed by atoms with Crippen LogP contribution in [0.5, 0.6) is 0 Å². The number of nitrogens with zero attached hydrogens (tertiary/aromatic N) is 1. The lowest BCUT2D eigenvalue weighted by Gasteiger charge is -2.36. The van der Waals surface area contributed by atoms with Crippen molar-refractivity contribution < 1.29 is 4.79 Å². The zero-order valence-corrected chi connectivity index (χ0v) is 13.1. The van der Waals surface area contributed by atoms with E-state index in [-0.39, 0.29) is 11.7 Å². The van der Waals surface area contributed by atoms with Gasteiger partial charge < -0.3 is 4.57 Å². The predicted molar refractivity (Wildman–Crippen MR) is 80.2 cm³/mol. The van der Waals surface area contributed by atoms with E-state index in [1.807, 2.05) is 6.07 Å². The molecule has 0 radical (unpaired) electrons. The van der Waals surface area contributed by atoms with E-state index >= 15 is 0 Å². The number of rotatable bonds is 3. The Balaban J connectivity index is 2.39. The van der Waals surface area contributed by atoms with E-state index < -0.39 is 0 Å². The number of halogens is 1. The first-order chi connectivity index (χ1) is 8.97. The average Bonchev–Trinajstić information content (AvgIpc) is 2.68. The van der Waals surface area contributed by atoms with Crippen molar-refractivity contribution >= 4 is 17.4 Å². The van der Waals surface area contributed by atoms with E-state index in [2.05, 4.69) is 32.3 Å². The van der Waals surface area contributed by atoms with E-state index in [9.17, 15) is 4.79 Å². The Hall–Kier alpha value is -0.760. The molecule has 3 atom stereocenters. The zero-order valence-electron chi connectivity index (χ0n) is 12.4. The van der Waals surface area contributed by atoms with E-state index in [1.54, 1.807) is 0 Å². The molecular weight excluding hydrogens is 258 g/mol. The molecule has 0 bridgehead atoms. The van der Waals surface area contributed by atoms with Crippen molar-refractivity contribution in [3.63, 3.8) is 0 Å². The minimum absolute atomic E-state index is 0.0394. The van der Waals surface area contributed by atoms with Crippen LogP contribution >= 0.6 is 11.6 Å². The lowest BCUT2D eigenvalue weighted by atomic mass is 9.77. The summed E-state index contributed by atoms with van der Waals surface area (Å²) in [7, 11) is 0. The number of aryl methyl sites for hydroxylation is 1. The summed E-state index contributed by atoms with van der Waals surface area (Å²) in [6.07, 6.45) is 3.83. The molecule has 1 aliphatic rings. The van der Waals surface area contributed by atoms with Crippen LogP contribution in [0.3, 0.4) is 0 Å². The molecule has 1 aliphatic carbocycles. The van der Waals surface area contributed by atoms with Crippen LogP contribution in [0.2, 0.25) is 0 Å². The second-order valence-electron chi connectivity index (χ2n) is 6.05. The molecule has 1 aromatic heterocycles. The van der Waals surface area contributed by atoms with E-state index in [0.29, 0.717) is 12.0 Å². The number of carbonyl (C=O) groups is 1. The number of hydrogen-bond donors (Lipinski definition) is 0. The number of ketones is 1. The van der Waals surface area contributed by atoms with Crippen LogP contribution in [0.4, 0.5) is 0 Å². The lowest BCUT2D eigenvalue weighted by Crippen LogP contribution is -2.28. The highest BCUT2D eigenvalue weighted by Crippen LogP contribution is 2.39. The highest BCUT2D eigenvalue weighted by Gasteiger charge is 2.30. The molecule has 106 valence electrons. The maximum absolute atomic E-state index is 11.9. The smallest absolute Gasteiger partial charge is 0.179 e. The quantitative estimate of drug-likeness (QED) is 0.590. The highest BCUT2D eigenvalue weighted by molar-refractivity contribution is 6.30. The second-order valence-corrected chi connectivity index (χ2v) is 6.31. The number of hydrogen-bond acceptors (Lipinski definition) is 1. The third kappa shape index (κ3) is 2.60. The first-order valence-electron chi connectivity index (χ1n) is 7.25. The number of aromatic nitrogens is 1. The Morgan fingerprint density at radius 1 is 1.37 bits per heavy atom. The Bertz CT molecular complexity index is 477. The number of carbonyl (C=O) groups excluding carboxylic acids is 1. The molecule has 3 unspecified atom stereocenters. The third-order valence-electron chi connectivity index (χ3n) is 4.90. The minimum Gasteiger partial charge on any atom is -0.345 e. The molecule has 0 N–H and O–H groups in total. The molecular formula is C16H24ClNO. The van der Waals surface area contributed by atoms with Crippen molar-refractivity contribution in [1.29, 1.82) is 0 Å². The Labute approximate surface area is 121 Å². The molecule has 0 aromatic carbocycles. The maximum atomic E-state index is 11.9. The van der Waals surface area contributed by atoms with Gasteiger partial charge >= 0.3 is 0 Å². The van der Waals surface area contributed by atoms with Crippen LogP contribution in [0.25, 0.3) is 0 Å². The molecule has 1 aromatic rings. The Kier molecular flexibility index (Phi) is 4.39. The van der Waals surface area contributed by atoms with Crippen LogP contribution in [0.1, 0.15) is 60.9 Å². The minimum atomic E-state index is 0.0394. The van der Waals surface area contributed by atoms with Crippen LogP contribution < -0.4 is 0 Å². The summed E-state index contributed by atoms with van der Waals surface area (Å²) in [5.41, 5.74) is 3.09. The fourth-order valence-electron chi connectivity index (χ4n) is 3.56. The summed E-state index contributed by atoms with van der Waals surface area (Å²) in [4.78, 5) is 11.9. The molecule has 1 fully saturated rings. The van der Waals surface area contributed by atoms with Crippen LogP contribution in [-0.4, -0.2) is 16.2 Å². The highest BCUT2D eigenvalue weighted by atomic mass is 35.5. The van der Waals surface area contributed by atoms with Crippen molar-refractivity contribution in [2.45, 2.75) is 53.0 Å². The normalized spacial score (nSPS) is 27.5. The predicted octanol–water partition coefficient (Wildman–Crippen LogP) is 4.52. The van der Waals surface area contributed by atoms with Gasteiger partial charge in [-0.25, -0.2) is 0 Å². The second kappa shape index (κ2) is 5.70. The molecule has 0 spiro atoms. The standard InChI is InChI=1S/C16H24ClNO/c1-10-6-5-7-15(12(10)3)18-11(2)8-14(13(18)4)16(19)9-17/h8,10,12,15H,5-7,9H2,1-4H3. The first-order valence-corrected chi connectivity index (χ1v) is 7.78. The molecule has 1 saturated carbocycles. The Morgan fingerprint density at radius 2 is 2.05 bits per heavy atom. The van der Waals surface area contributed by atoms with Crippen molar-refractivity contribution in [3.05, 3.63) is 23.0 Å². The van der Waals surface area contributed by atoms with Gasteiger partial charge in [0.1, 0.15) is 0 Å². The van der Waals surface area contributed by atoms with Gasteiger partial charge in [0, 0.05) is 23.0 Å². The van der Waals surface area contributed by atoms with Crippen LogP contribution in [-0.2, 0) is 0 Å².